The van der Waals surface area contributed by atoms with Crippen molar-refractivity contribution >= 4 is 0 Å². The Labute approximate surface area is 82.7 Å². The largest absolute Gasteiger partial charge is 0.426 e. The standard InChI is InChI=1S/C6H6F6O.C2H4/c1-2-3-4(13,5(7,8)9)6(10,11)12;1-2/h2,13H,1,3H2;1-2H2. The van der Waals surface area contributed by atoms with Crippen LogP contribution in [0.5, 0.6) is 0 Å². The number of rotatable bonds is 2. The van der Waals surface area contributed by atoms with E-state index < -0.39 is 24.4 Å². The van der Waals surface area contributed by atoms with Gasteiger partial charge in [-0.15, -0.1) is 19.7 Å². The van der Waals surface area contributed by atoms with Crippen LogP contribution in [0, 0.1) is 0 Å². The second-order valence-corrected chi connectivity index (χ2v) is 2.35. The van der Waals surface area contributed by atoms with Crippen LogP contribution in [0.2, 0.25) is 0 Å². The predicted octanol–water partition coefficient (Wildman–Crippen LogP) is 3.22. The zero-order valence-corrected chi connectivity index (χ0v) is 7.62. The summed E-state index contributed by atoms with van der Waals surface area (Å²) in [5.41, 5.74) is -4.69. The molecule has 0 aliphatic heterocycles. The molecule has 0 saturated heterocycles. The van der Waals surface area contributed by atoms with E-state index in [0.717, 1.165) is 0 Å². The summed E-state index contributed by atoms with van der Waals surface area (Å²) in [7, 11) is 0. The van der Waals surface area contributed by atoms with E-state index in [1.54, 1.807) is 0 Å². The van der Waals surface area contributed by atoms with Crippen molar-refractivity contribution in [1.29, 1.82) is 0 Å². The highest BCUT2D eigenvalue weighted by molar-refractivity contribution is 4.98. The molecule has 0 spiro atoms. The van der Waals surface area contributed by atoms with Gasteiger partial charge in [0, 0.05) is 6.42 Å². The van der Waals surface area contributed by atoms with Crippen molar-refractivity contribution < 1.29 is 31.4 Å². The van der Waals surface area contributed by atoms with Gasteiger partial charge in [-0.1, -0.05) is 6.08 Å². The van der Waals surface area contributed by atoms with Gasteiger partial charge in [0.05, 0.1) is 0 Å². The Bertz CT molecular complexity index is 190. The van der Waals surface area contributed by atoms with Gasteiger partial charge in [-0.2, -0.15) is 26.3 Å². The van der Waals surface area contributed by atoms with Crippen LogP contribution < -0.4 is 0 Å². The van der Waals surface area contributed by atoms with Crippen molar-refractivity contribution in [2.75, 3.05) is 0 Å². The van der Waals surface area contributed by atoms with Gasteiger partial charge in [0.25, 0.3) is 5.60 Å². The number of halogens is 6. The highest BCUT2D eigenvalue weighted by atomic mass is 19.4. The second-order valence-electron chi connectivity index (χ2n) is 2.35. The molecule has 1 N–H and O–H groups in total. The van der Waals surface area contributed by atoms with E-state index >= 15 is 0 Å². The third kappa shape index (κ3) is 3.58. The van der Waals surface area contributed by atoms with E-state index in [4.69, 9.17) is 5.11 Å². The third-order valence-electron chi connectivity index (χ3n) is 1.38. The minimum atomic E-state index is -5.75. The fraction of sp³-hybridized carbons (Fsp3) is 0.500. The first-order chi connectivity index (χ1) is 6.56. The summed E-state index contributed by atoms with van der Waals surface area (Å²) in [5.74, 6) is 0. The molecular formula is C8H10F6O. The van der Waals surface area contributed by atoms with Gasteiger partial charge in [0.15, 0.2) is 0 Å². The minimum absolute atomic E-state index is 0.362. The molecule has 0 aliphatic carbocycles. The van der Waals surface area contributed by atoms with Crippen LogP contribution in [-0.2, 0) is 0 Å². The van der Waals surface area contributed by atoms with Gasteiger partial charge in [-0.3, -0.25) is 0 Å². The lowest BCUT2D eigenvalue weighted by Crippen LogP contribution is -2.56. The molecule has 0 aromatic heterocycles. The number of hydrogen-bond donors (Lipinski definition) is 1. The first kappa shape index (κ1) is 16.4. The molecular weight excluding hydrogens is 226 g/mol. The predicted molar refractivity (Wildman–Crippen MR) is 43.1 cm³/mol. The van der Waals surface area contributed by atoms with Crippen LogP contribution in [0.3, 0.4) is 0 Å². The first-order valence-electron chi connectivity index (χ1n) is 3.53. The molecule has 0 aromatic carbocycles. The highest BCUT2D eigenvalue weighted by Gasteiger charge is 2.69. The smallest absolute Gasteiger partial charge is 0.373 e. The summed E-state index contributed by atoms with van der Waals surface area (Å²) in [4.78, 5) is 0. The lowest BCUT2D eigenvalue weighted by molar-refractivity contribution is -0.366. The van der Waals surface area contributed by atoms with Crippen LogP contribution in [0.15, 0.2) is 25.8 Å². The van der Waals surface area contributed by atoms with Gasteiger partial charge in [-0.05, 0) is 0 Å². The van der Waals surface area contributed by atoms with E-state index in [-0.39, 0.29) is 0 Å². The topological polar surface area (TPSA) is 20.2 Å². The van der Waals surface area contributed by atoms with Crippen LogP contribution in [0.1, 0.15) is 6.42 Å². The molecule has 0 bridgehead atoms. The van der Waals surface area contributed by atoms with Crippen LogP contribution in [-0.4, -0.2) is 23.1 Å². The fourth-order valence-electron chi connectivity index (χ4n) is 0.601. The molecule has 0 atom stereocenters. The van der Waals surface area contributed by atoms with Gasteiger partial charge < -0.3 is 5.11 Å². The van der Waals surface area contributed by atoms with Crippen molar-refractivity contribution in [3.8, 4) is 0 Å². The van der Waals surface area contributed by atoms with Gasteiger partial charge in [-0.25, -0.2) is 0 Å². The average molecular weight is 236 g/mol. The van der Waals surface area contributed by atoms with E-state index in [2.05, 4.69) is 19.7 Å². The molecule has 7 heteroatoms. The molecule has 0 fully saturated rings. The zero-order chi connectivity index (χ0) is 12.9. The Balaban J connectivity index is 0. The molecule has 0 aliphatic rings. The van der Waals surface area contributed by atoms with E-state index in [1.807, 2.05) is 0 Å². The van der Waals surface area contributed by atoms with Crippen molar-refractivity contribution in [2.45, 2.75) is 24.4 Å². The molecule has 0 amide bonds. The summed E-state index contributed by atoms with van der Waals surface area (Å²) in [6, 6.07) is 0. The molecule has 0 heterocycles. The number of alkyl halides is 6. The molecule has 1 nitrogen and oxygen atoms in total. The van der Waals surface area contributed by atoms with Crippen LogP contribution >= 0.6 is 0 Å². The highest BCUT2D eigenvalue weighted by Crippen LogP contribution is 2.45. The Morgan fingerprint density at radius 1 is 0.933 bits per heavy atom. The van der Waals surface area contributed by atoms with Gasteiger partial charge >= 0.3 is 12.4 Å². The second kappa shape index (κ2) is 5.20. The Hall–Kier alpha value is -0.980. The van der Waals surface area contributed by atoms with Gasteiger partial charge in [0.2, 0.25) is 0 Å². The maximum absolute atomic E-state index is 11.8. The van der Waals surface area contributed by atoms with Crippen LogP contribution in [0.25, 0.3) is 0 Å². The fourth-order valence-corrected chi connectivity index (χ4v) is 0.601. The summed E-state index contributed by atoms with van der Waals surface area (Å²) in [5, 5.41) is 8.36. The van der Waals surface area contributed by atoms with E-state index in [9.17, 15) is 26.3 Å². The molecule has 0 aromatic rings. The zero-order valence-electron chi connectivity index (χ0n) is 7.62. The van der Waals surface area contributed by atoms with Crippen molar-refractivity contribution in [3.05, 3.63) is 25.8 Å². The molecule has 0 unspecified atom stereocenters. The number of aliphatic hydroxyl groups is 1. The van der Waals surface area contributed by atoms with E-state index in [1.165, 1.54) is 0 Å². The summed E-state index contributed by atoms with van der Waals surface area (Å²) >= 11 is 0. The average Bonchev–Trinajstić information content (AvgIpc) is 2.04. The Morgan fingerprint density at radius 2 is 1.20 bits per heavy atom. The number of hydrogen-bond acceptors (Lipinski definition) is 1. The Morgan fingerprint density at radius 3 is 1.27 bits per heavy atom. The maximum atomic E-state index is 11.8. The summed E-state index contributed by atoms with van der Waals surface area (Å²) < 4.78 is 70.6. The van der Waals surface area contributed by atoms with Crippen LogP contribution in [0.4, 0.5) is 26.3 Å². The normalized spacial score (nSPS) is 12.7. The molecule has 90 valence electrons. The van der Waals surface area contributed by atoms with Gasteiger partial charge in [0.1, 0.15) is 0 Å². The van der Waals surface area contributed by atoms with Crippen molar-refractivity contribution in [2.24, 2.45) is 0 Å². The molecule has 0 saturated carbocycles. The molecule has 0 radical (unpaired) electrons. The Kier molecular flexibility index (Phi) is 5.70. The van der Waals surface area contributed by atoms with Crippen molar-refractivity contribution in [3.63, 3.8) is 0 Å². The van der Waals surface area contributed by atoms with E-state index in [0.29, 0.717) is 6.08 Å². The quantitative estimate of drug-likeness (QED) is 0.576. The van der Waals surface area contributed by atoms with Crippen molar-refractivity contribution in [1.82, 2.24) is 0 Å². The summed E-state index contributed by atoms with van der Waals surface area (Å²) in [6.45, 7) is 8.71. The lowest BCUT2D eigenvalue weighted by atomic mass is 9.98. The first-order valence-corrected chi connectivity index (χ1v) is 3.53. The summed E-state index contributed by atoms with van der Waals surface area (Å²) in [6.07, 6.45) is -12.8. The molecule has 0 rings (SSSR count). The maximum Gasteiger partial charge on any atom is 0.426 e. The lowest BCUT2D eigenvalue weighted by Gasteiger charge is -2.31. The third-order valence-corrected chi connectivity index (χ3v) is 1.38. The molecule has 15 heavy (non-hydrogen) atoms. The SMILES string of the molecule is C=C.C=CCC(O)(C(F)(F)F)C(F)(F)F. The minimum Gasteiger partial charge on any atom is -0.373 e. The monoisotopic (exact) mass is 236 g/mol.